The molecule has 0 bridgehead atoms. The van der Waals surface area contributed by atoms with Crippen LogP contribution in [0.25, 0.3) is 0 Å². The Bertz CT molecular complexity index is 499. The van der Waals surface area contributed by atoms with E-state index in [-0.39, 0.29) is 0 Å². The molecule has 17 heavy (non-hydrogen) atoms. The number of benzene rings is 1. The molecule has 2 rings (SSSR count). The van der Waals surface area contributed by atoms with Crippen LogP contribution in [0.15, 0.2) is 36.7 Å². The zero-order valence-corrected chi connectivity index (χ0v) is 11.5. The van der Waals surface area contributed by atoms with Crippen molar-refractivity contribution in [1.29, 1.82) is 0 Å². The lowest BCUT2D eigenvalue weighted by Gasteiger charge is -2.12. The van der Waals surface area contributed by atoms with E-state index in [1.165, 1.54) is 0 Å². The first-order valence-electron chi connectivity index (χ1n) is 5.19. The molecule has 1 unspecified atom stereocenters. The van der Waals surface area contributed by atoms with Gasteiger partial charge in [0.2, 0.25) is 0 Å². The molecule has 0 amide bonds. The van der Waals surface area contributed by atoms with Crippen LogP contribution < -0.4 is 4.74 Å². The number of rotatable bonds is 4. The van der Waals surface area contributed by atoms with Gasteiger partial charge in [-0.25, -0.2) is 0 Å². The van der Waals surface area contributed by atoms with E-state index < -0.39 is 6.10 Å². The fraction of sp³-hybridized carbons (Fsp3) is 0.250. The number of aromatic nitrogens is 2. The Morgan fingerprint density at radius 2 is 2.35 bits per heavy atom. The highest BCUT2D eigenvalue weighted by Crippen LogP contribution is 2.20. The van der Waals surface area contributed by atoms with Crippen LogP contribution in [0.1, 0.15) is 11.7 Å². The Labute approximate surface area is 113 Å². The smallest absolute Gasteiger partial charge is 0.119 e. The standard InChI is InChI=1S/C12H13IN2O2/c1-17-11-4-2-3-9(5-11)12(16)8-15-7-10(13)6-14-15/h2-7,12,16H,8H2,1H3. The molecule has 0 saturated heterocycles. The summed E-state index contributed by atoms with van der Waals surface area (Å²) in [6, 6.07) is 7.43. The van der Waals surface area contributed by atoms with Crippen molar-refractivity contribution in [3.05, 3.63) is 45.8 Å². The molecule has 0 radical (unpaired) electrons. The van der Waals surface area contributed by atoms with Crippen LogP contribution in [0, 0.1) is 3.57 Å². The van der Waals surface area contributed by atoms with E-state index in [2.05, 4.69) is 27.7 Å². The summed E-state index contributed by atoms with van der Waals surface area (Å²) >= 11 is 2.19. The van der Waals surface area contributed by atoms with Crippen molar-refractivity contribution in [3.8, 4) is 5.75 Å². The summed E-state index contributed by atoms with van der Waals surface area (Å²) in [4.78, 5) is 0. The van der Waals surface area contributed by atoms with Crippen LogP contribution in [-0.2, 0) is 6.54 Å². The molecular formula is C12H13IN2O2. The molecule has 90 valence electrons. The fourth-order valence-corrected chi connectivity index (χ4v) is 2.02. The highest BCUT2D eigenvalue weighted by atomic mass is 127. The first-order valence-corrected chi connectivity index (χ1v) is 6.27. The van der Waals surface area contributed by atoms with E-state index in [9.17, 15) is 5.11 Å². The predicted molar refractivity (Wildman–Crippen MR) is 72.9 cm³/mol. The molecule has 0 aliphatic heterocycles. The molecule has 4 nitrogen and oxygen atoms in total. The molecule has 2 aromatic rings. The van der Waals surface area contributed by atoms with E-state index >= 15 is 0 Å². The van der Waals surface area contributed by atoms with Crippen LogP contribution in [0.3, 0.4) is 0 Å². The average Bonchev–Trinajstić information content (AvgIpc) is 2.75. The summed E-state index contributed by atoms with van der Waals surface area (Å²) in [5, 5.41) is 14.2. The van der Waals surface area contributed by atoms with Crippen LogP contribution >= 0.6 is 22.6 Å². The fourth-order valence-electron chi connectivity index (χ4n) is 1.57. The van der Waals surface area contributed by atoms with Crippen molar-refractivity contribution in [2.24, 2.45) is 0 Å². The highest BCUT2D eigenvalue weighted by Gasteiger charge is 2.09. The zero-order chi connectivity index (χ0) is 12.3. The van der Waals surface area contributed by atoms with Crippen LogP contribution in [0.2, 0.25) is 0 Å². The molecule has 5 heteroatoms. The maximum absolute atomic E-state index is 10.1. The Balaban J connectivity index is 2.11. The van der Waals surface area contributed by atoms with Crippen molar-refractivity contribution >= 4 is 22.6 Å². The largest absolute Gasteiger partial charge is 0.497 e. The number of methoxy groups -OCH3 is 1. The van der Waals surface area contributed by atoms with Crippen molar-refractivity contribution in [2.75, 3.05) is 7.11 Å². The molecule has 0 fully saturated rings. The summed E-state index contributed by atoms with van der Waals surface area (Å²) in [5.74, 6) is 0.747. The maximum atomic E-state index is 10.1. The topological polar surface area (TPSA) is 47.3 Å². The van der Waals surface area contributed by atoms with Crippen LogP contribution in [0.4, 0.5) is 0 Å². The van der Waals surface area contributed by atoms with Gasteiger partial charge >= 0.3 is 0 Å². The van der Waals surface area contributed by atoms with Gasteiger partial charge < -0.3 is 9.84 Å². The Morgan fingerprint density at radius 3 is 3.00 bits per heavy atom. The van der Waals surface area contributed by atoms with Crippen LogP contribution in [-0.4, -0.2) is 22.0 Å². The number of nitrogens with zero attached hydrogens (tertiary/aromatic N) is 2. The summed E-state index contributed by atoms with van der Waals surface area (Å²) in [5.41, 5.74) is 0.829. The third-order valence-corrected chi connectivity index (χ3v) is 3.00. The minimum Gasteiger partial charge on any atom is -0.497 e. The molecule has 0 aliphatic carbocycles. The van der Waals surface area contributed by atoms with E-state index in [1.54, 1.807) is 18.0 Å². The lowest BCUT2D eigenvalue weighted by molar-refractivity contribution is 0.151. The normalized spacial score (nSPS) is 12.4. The zero-order valence-electron chi connectivity index (χ0n) is 9.38. The molecule has 0 aliphatic rings. The summed E-state index contributed by atoms with van der Waals surface area (Å²) in [6.45, 7) is 0.441. The van der Waals surface area contributed by atoms with Crippen molar-refractivity contribution in [2.45, 2.75) is 12.6 Å². The van der Waals surface area contributed by atoms with E-state index in [0.29, 0.717) is 6.54 Å². The monoisotopic (exact) mass is 344 g/mol. The Hall–Kier alpha value is -1.08. The minimum absolute atomic E-state index is 0.441. The molecular weight excluding hydrogens is 331 g/mol. The first-order chi connectivity index (χ1) is 8.19. The van der Waals surface area contributed by atoms with Crippen LogP contribution in [0.5, 0.6) is 5.75 Å². The molecule has 1 heterocycles. The number of halogens is 1. The second kappa shape index (κ2) is 5.50. The number of aliphatic hydroxyl groups excluding tert-OH is 1. The average molecular weight is 344 g/mol. The van der Waals surface area contributed by atoms with Gasteiger partial charge in [-0.3, -0.25) is 4.68 Å². The second-order valence-electron chi connectivity index (χ2n) is 3.67. The maximum Gasteiger partial charge on any atom is 0.119 e. The summed E-state index contributed by atoms with van der Waals surface area (Å²) < 4.78 is 7.91. The van der Waals surface area contributed by atoms with Gasteiger partial charge in [0.05, 0.1) is 29.5 Å². The van der Waals surface area contributed by atoms with Gasteiger partial charge in [-0.15, -0.1) is 0 Å². The molecule has 1 atom stereocenters. The van der Waals surface area contributed by atoms with Gasteiger partial charge in [0, 0.05) is 6.20 Å². The van der Waals surface area contributed by atoms with Crippen molar-refractivity contribution in [1.82, 2.24) is 9.78 Å². The SMILES string of the molecule is COc1cccc(C(O)Cn2cc(I)cn2)c1. The third kappa shape index (κ3) is 3.19. The quantitative estimate of drug-likeness (QED) is 0.866. The first kappa shape index (κ1) is 12.4. The number of hydrogen-bond donors (Lipinski definition) is 1. The Kier molecular flexibility index (Phi) is 4.01. The number of hydrogen-bond acceptors (Lipinski definition) is 3. The second-order valence-corrected chi connectivity index (χ2v) is 4.92. The van der Waals surface area contributed by atoms with Crippen molar-refractivity contribution < 1.29 is 9.84 Å². The third-order valence-electron chi connectivity index (χ3n) is 2.44. The predicted octanol–water partition coefficient (Wildman–Crippen LogP) is 2.23. The molecule has 1 N–H and O–H groups in total. The van der Waals surface area contributed by atoms with E-state index in [0.717, 1.165) is 14.9 Å². The number of ether oxygens (including phenoxy) is 1. The molecule has 1 aromatic carbocycles. The summed E-state index contributed by atoms with van der Waals surface area (Å²) in [7, 11) is 1.61. The van der Waals surface area contributed by atoms with Gasteiger partial charge in [0.25, 0.3) is 0 Å². The van der Waals surface area contributed by atoms with Gasteiger partial charge in [0.15, 0.2) is 0 Å². The van der Waals surface area contributed by atoms with Gasteiger partial charge in [-0.05, 0) is 40.3 Å². The van der Waals surface area contributed by atoms with E-state index in [4.69, 9.17) is 4.74 Å². The molecule has 1 aromatic heterocycles. The number of aliphatic hydroxyl groups is 1. The lowest BCUT2D eigenvalue weighted by atomic mass is 10.1. The minimum atomic E-state index is -0.583. The highest BCUT2D eigenvalue weighted by molar-refractivity contribution is 14.1. The van der Waals surface area contributed by atoms with Gasteiger partial charge in [-0.2, -0.15) is 5.10 Å². The van der Waals surface area contributed by atoms with Gasteiger partial charge in [-0.1, -0.05) is 12.1 Å². The summed E-state index contributed by atoms with van der Waals surface area (Å²) in [6.07, 6.45) is 3.07. The molecule has 0 saturated carbocycles. The lowest BCUT2D eigenvalue weighted by Crippen LogP contribution is -2.09. The molecule has 0 spiro atoms. The van der Waals surface area contributed by atoms with Gasteiger partial charge in [0.1, 0.15) is 5.75 Å². The van der Waals surface area contributed by atoms with Crippen molar-refractivity contribution in [3.63, 3.8) is 0 Å². The van der Waals surface area contributed by atoms with E-state index in [1.807, 2.05) is 30.5 Å². The Morgan fingerprint density at radius 1 is 1.53 bits per heavy atom.